The number of guanidine groups is 1. The van der Waals surface area contributed by atoms with Crippen LogP contribution in [0.2, 0.25) is 0 Å². The van der Waals surface area contributed by atoms with Crippen LogP contribution >= 0.6 is 24.0 Å². The zero-order valence-corrected chi connectivity index (χ0v) is 20.1. The maximum Gasteiger partial charge on any atom is 0.276 e. The summed E-state index contributed by atoms with van der Waals surface area (Å²) in [6, 6.07) is 23.9. The number of aryl methyl sites for hydroxylation is 1. The van der Waals surface area contributed by atoms with Crippen LogP contribution in [-0.2, 0) is 13.0 Å². The Hall–Kier alpha value is -3.27. The third-order valence-electron chi connectivity index (χ3n) is 4.57. The highest BCUT2D eigenvalue weighted by atomic mass is 127. The highest BCUT2D eigenvalue weighted by Gasteiger charge is 2.09. The molecule has 8 heteroatoms. The summed E-state index contributed by atoms with van der Waals surface area (Å²) >= 11 is 0. The van der Waals surface area contributed by atoms with E-state index in [-0.39, 0.29) is 24.0 Å². The molecular formula is C24H25IN6O. The lowest BCUT2D eigenvalue weighted by molar-refractivity contribution is 0.421. The Morgan fingerprint density at radius 2 is 1.75 bits per heavy atom. The standard InChI is InChI=1S/C24H24N6O.HI/c1-18-10-12-19(13-11-18)17-27-24(28-20-7-3-2-4-8-20)26-16-14-22-29-23(31-30-22)21-9-5-6-15-25-21;/h2-13,15H,14,16-17H2,1H3,(H2,26,27,28);1H. The van der Waals surface area contributed by atoms with E-state index in [1.54, 1.807) is 6.20 Å². The molecular weight excluding hydrogens is 515 g/mol. The van der Waals surface area contributed by atoms with Crippen LogP contribution in [-0.4, -0.2) is 27.6 Å². The summed E-state index contributed by atoms with van der Waals surface area (Å²) in [6.07, 6.45) is 2.29. The van der Waals surface area contributed by atoms with Crippen LogP contribution in [0.5, 0.6) is 0 Å². The largest absolute Gasteiger partial charge is 0.356 e. The molecule has 2 aromatic heterocycles. The Morgan fingerprint density at radius 3 is 2.50 bits per heavy atom. The number of aliphatic imine (C=N–C) groups is 1. The first-order chi connectivity index (χ1) is 15.3. The van der Waals surface area contributed by atoms with Crippen molar-refractivity contribution in [3.05, 3.63) is 95.9 Å². The van der Waals surface area contributed by atoms with Crippen molar-refractivity contribution < 1.29 is 4.52 Å². The van der Waals surface area contributed by atoms with Gasteiger partial charge in [-0.15, -0.1) is 24.0 Å². The molecule has 4 rings (SSSR count). The van der Waals surface area contributed by atoms with E-state index in [0.29, 0.717) is 42.9 Å². The molecule has 0 bridgehead atoms. The van der Waals surface area contributed by atoms with Crippen LogP contribution in [0.4, 0.5) is 5.69 Å². The van der Waals surface area contributed by atoms with Crippen molar-refractivity contribution in [1.82, 2.24) is 20.4 Å². The molecule has 0 fully saturated rings. The van der Waals surface area contributed by atoms with E-state index in [9.17, 15) is 0 Å². The van der Waals surface area contributed by atoms with Gasteiger partial charge < -0.3 is 15.2 Å². The number of benzene rings is 2. The van der Waals surface area contributed by atoms with Crippen LogP contribution in [0.1, 0.15) is 17.0 Å². The highest BCUT2D eigenvalue weighted by molar-refractivity contribution is 14.0. The van der Waals surface area contributed by atoms with Crippen LogP contribution in [0.3, 0.4) is 0 Å². The number of rotatable bonds is 7. The maximum absolute atomic E-state index is 5.32. The van der Waals surface area contributed by atoms with Crippen molar-refractivity contribution in [2.45, 2.75) is 19.9 Å². The number of hydrogen-bond donors (Lipinski definition) is 2. The van der Waals surface area contributed by atoms with Gasteiger partial charge in [-0.05, 0) is 36.8 Å². The van der Waals surface area contributed by atoms with Crippen LogP contribution in [0.15, 0.2) is 88.5 Å². The van der Waals surface area contributed by atoms with Crippen molar-refractivity contribution in [3.8, 4) is 11.6 Å². The molecule has 2 heterocycles. The number of para-hydroxylation sites is 1. The van der Waals surface area contributed by atoms with Gasteiger partial charge in [0.15, 0.2) is 11.8 Å². The molecule has 0 atom stereocenters. The van der Waals surface area contributed by atoms with Gasteiger partial charge in [0.1, 0.15) is 5.69 Å². The molecule has 4 aromatic rings. The lowest BCUT2D eigenvalue weighted by atomic mass is 10.1. The molecule has 0 saturated carbocycles. The van der Waals surface area contributed by atoms with Crippen LogP contribution in [0.25, 0.3) is 11.6 Å². The predicted molar refractivity (Wildman–Crippen MR) is 137 cm³/mol. The summed E-state index contributed by atoms with van der Waals surface area (Å²) in [7, 11) is 0. The number of aromatic nitrogens is 3. The Morgan fingerprint density at radius 1 is 0.969 bits per heavy atom. The minimum absolute atomic E-state index is 0. The van der Waals surface area contributed by atoms with E-state index in [4.69, 9.17) is 9.52 Å². The van der Waals surface area contributed by atoms with Gasteiger partial charge in [-0.1, -0.05) is 59.3 Å². The number of pyridine rings is 1. The van der Waals surface area contributed by atoms with Gasteiger partial charge in [0.25, 0.3) is 5.89 Å². The molecule has 0 aliphatic heterocycles. The molecule has 0 spiro atoms. The Kier molecular flexibility index (Phi) is 8.73. The van der Waals surface area contributed by atoms with E-state index in [1.165, 1.54) is 5.56 Å². The lowest BCUT2D eigenvalue weighted by Gasteiger charge is -2.12. The predicted octanol–water partition coefficient (Wildman–Crippen LogP) is 4.86. The maximum atomic E-state index is 5.32. The first-order valence-electron chi connectivity index (χ1n) is 10.2. The molecule has 0 saturated heterocycles. The molecule has 2 aromatic carbocycles. The minimum atomic E-state index is 0. The van der Waals surface area contributed by atoms with Crippen molar-refractivity contribution in [2.24, 2.45) is 4.99 Å². The third-order valence-corrected chi connectivity index (χ3v) is 4.57. The summed E-state index contributed by atoms with van der Waals surface area (Å²) < 4.78 is 5.32. The normalized spacial score (nSPS) is 11.0. The molecule has 7 nitrogen and oxygen atoms in total. The van der Waals surface area contributed by atoms with E-state index in [0.717, 1.165) is 11.3 Å². The Balaban J connectivity index is 0.00000289. The topological polar surface area (TPSA) is 88.2 Å². The van der Waals surface area contributed by atoms with E-state index in [1.807, 2.05) is 48.5 Å². The van der Waals surface area contributed by atoms with Crippen molar-refractivity contribution in [3.63, 3.8) is 0 Å². The second-order valence-electron chi connectivity index (χ2n) is 7.05. The zero-order chi connectivity index (χ0) is 21.3. The van der Waals surface area contributed by atoms with E-state index in [2.05, 4.69) is 56.9 Å². The smallest absolute Gasteiger partial charge is 0.276 e. The molecule has 0 aliphatic carbocycles. The van der Waals surface area contributed by atoms with Gasteiger partial charge in [-0.2, -0.15) is 4.98 Å². The number of hydrogen-bond acceptors (Lipinski definition) is 5. The van der Waals surface area contributed by atoms with E-state index >= 15 is 0 Å². The SMILES string of the molecule is Cc1ccc(CN=C(NCCc2noc(-c3ccccn3)n2)Nc2ccccc2)cc1.I. The quantitative estimate of drug-likeness (QED) is 0.198. The zero-order valence-electron chi connectivity index (χ0n) is 17.7. The van der Waals surface area contributed by atoms with Crippen LogP contribution in [0, 0.1) is 6.92 Å². The fraction of sp³-hybridized carbons (Fsp3) is 0.167. The summed E-state index contributed by atoms with van der Waals surface area (Å²) in [5.41, 5.74) is 4.02. The first kappa shape index (κ1) is 23.4. The fourth-order valence-electron chi connectivity index (χ4n) is 2.90. The van der Waals surface area contributed by atoms with Gasteiger partial charge in [-0.3, -0.25) is 4.98 Å². The minimum Gasteiger partial charge on any atom is -0.356 e. The fourth-order valence-corrected chi connectivity index (χ4v) is 2.90. The van der Waals surface area contributed by atoms with Gasteiger partial charge >= 0.3 is 0 Å². The second kappa shape index (κ2) is 11.9. The van der Waals surface area contributed by atoms with Gasteiger partial charge in [0.2, 0.25) is 0 Å². The average Bonchev–Trinajstić information content (AvgIpc) is 3.29. The van der Waals surface area contributed by atoms with Gasteiger partial charge in [0, 0.05) is 24.8 Å². The molecule has 0 radical (unpaired) electrons. The van der Waals surface area contributed by atoms with Gasteiger partial charge in [-0.25, -0.2) is 4.99 Å². The molecule has 0 amide bonds. The summed E-state index contributed by atoms with van der Waals surface area (Å²) in [5, 5.41) is 10.7. The van der Waals surface area contributed by atoms with Crippen molar-refractivity contribution in [1.29, 1.82) is 0 Å². The van der Waals surface area contributed by atoms with Crippen LogP contribution < -0.4 is 10.6 Å². The van der Waals surface area contributed by atoms with E-state index < -0.39 is 0 Å². The summed E-state index contributed by atoms with van der Waals surface area (Å²) in [5.74, 6) is 1.73. The second-order valence-corrected chi connectivity index (χ2v) is 7.05. The summed E-state index contributed by atoms with van der Waals surface area (Å²) in [4.78, 5) is 13.4. The molecule has 2 N–H and O–H groups in total. The molecule has 32 heavy (non-hydrogen) atoms. The third kappa shape index (κ3) is 6.88. The number of anilines is 1. The summed E-state index contributed by atoms with van der Waals surface area (Å²) in [6.45, 7) is 3.26. The number of nitrogens with one attached hydrogen (secondary N) is 2. The van der Waals surface area contributed by atoms with Gasteiger partial charge in [0.05, 0.1) is 6.54 Å². The molecule has 164 valence electrons. The molecule has 0 unspecified atom stereocenters. The number of halogens is 1. The Bertz CT molecular complexity index is 1110. The monoisotopic (exact) mass is 540 g/mol. The average molecular weight is 540 g/mol. The van der Waals surface area contributed by atoms with Crippen molar-refractivity contribution in [2.75, 3.05) is 11.9 Å². The first-order valence-corrected chi connectivity index (χ1v) is 10.2. The Labute approximate surface area is 204 Å². The van der Waals surface area contributed by atoms with Crippen molar-refractivity contribution >= 4 is 35.6 Å². The molecule has 0 aliphatic rings. The highest BCUT2D eigenvalue weighted by Crippen LogP contribution is 2.13. The lowest BCUT2D eigenvalue weighted by Crippen LogP contribution is -2.32. The number of nitrogens with zero attached hydrogens (tertiary/aromatic N) is 4.